The van der Waals surface area contributed by atoms with Crippen LogP contribution in [-0.4, -0.2) is 29.2 Å². The normalized spacial score (nSPS) is 19.6. The summed E-state index contributed by atoms with van der Waals surface area (Å²) in [6.07, 6.45) is 3.67. The fourth-order valence-corrected chi connectivity index (χ4v) is 3.05. The minimum absolute atomic E-state index is 0.0267. The van der Waals surface area contributed by atoms with E-state index in [2.05, 4.69) is 26.2 Å². The molecule has 3 rings (SSSR count). The van der Waals surface area contributed by atoms with Gasteiger partial charge in [-0.05, 0) is 34.1 Å². The number of nitrogens with zero attached hydrogens (tertiary/aromatic N) is 2. The Morgan fingerprint density at radius 1 is 1.47 bits per heavy atom. The van der Waals surface area contributed by atoms with Crippen molar-refractivity contribution in [2.45, 2.75) is 6.10 Å². The molecule has 0 amide bonds. The fraction of sp³-hybridized carbons (Fsp3) is 0.308. The Kier molecular flexibility index (Phi) is 3.88. The van der Waals surface area contributed by atoms with Gasteiger partial charge in [-0.15, -0.1) is 0 Å². The molecule has 1 aromatic carbocycles. The molecule has 1 saturated heterocycles. The van der Waals surface area contributed by atoms with Crippen LogP contribution in [0, 0.1) is 0 Å². The van der Waals surface area contributed by atoms with Crippen molar-refractivity contribution in [2.75, 3.05) is 19.7 Å². The Balaban J connectivity index is 1.99. The second-order valence-corrected chi connectivity index (χ2v) is 5.64. The van der Waals surface area contributed by atoms with Crippen molar-refractivity contribution in [3.8, 4) is 5.69 Å². The summed E-state index contributed by atoms with van der Waals surface area (Å²) in [5.74, 6) is 0. The largest absolute Gasteiger partial charge is 0.369 e. The Labute approximate surface area is 124 Å². The molecule has 100 valence electrons. The van der Waals surface area contributed by atoms with E-state index in [9.17, 15) is 0 Å². The standard InChI is InChI=1S/C13H13BrClN3O/c14-10-5-9(15)1-2-11(10)18-8-17-6-12(18)13-7-16-3-4-19-13/h1-2,5-6,8,13,16H,3-4,7H2. The number of hydrogen-bond acceptors (Lipinski definition) is 3. The first-order valence-corrected chi connectivity index (χ1v) is 7.23. The maximum Gasteiger partial charge on any atom is 0.112 e. The van der Waals surface area contributed by atoms with E-state index in [1.54, 1.807) is 6.33 Å². The summed E-state index contributed by atoms with van der Waals surface area (Å²) < 4.78 is 8.74. The average molecular weight is 343 g/mol. The summed E-state index contributed by atoms with van der Waals surface area (Å²) in [6.45, 7) is 2.42. The number of halogens is 2. The highest BCUT2D eigenvalue weighted by molar-refractivity contribution is 9.10. The molecule has 2 aromatic rings. The minimum atomic E-state index is 0.0267. The highest BCUT2D eigenvalue weighted by atomic mass is 79.9. The molecular formula is C13H13BrClN3O. The number of ether oxygens (including phenoxy) is 1. The molecule has 0 spiro atoms. The zero-order chi connectivity index (χ0) is 13.2. The first kappa shape index (κ1) is 13.1. The second-order valence-electron chi connectivity index (χ2n) is 4.35. The van der Waals surface area contributed by atoms with Crippen molar-refractivity contribution in [3.05, 3.63) is 45.9 Å². The van der Waals surface area contributed by atoms with Crippen LogP contribution in [0.25, 0.3) is 5.69 Å². The molecule has 1 N–H and O–H groups in total. The van der Waals surface area contributed by atoms with Crippen molar-refractivity contribution >= 4 is 27.5 Å². The monoisotopic (exact) mass is 341 g/mol. The Bertz CT molecular complexity index is 581. The zero-order valence-electron chi connectivity index (χ0n) is 10.1. The molecule has 0 bridgehead atoms. The molecule has 4 nitrogen and oxygen atoms in total. The van der Waals surface area contributed by atoms with Gasteiger partial charge in [0.15, 0.2) is 0 Å². The summed E-state index contributed by atoms with van der Waals surface area (Å²) >= 11 is 9.51. The molecule has 1 aliphatic heterocycles. The van der Waals surface area contributed by atoms with E-state index in [-0.39, 0.29) is 6.10 Å². The summed E-state index contributed by atoms with van der Waals surface area (Å²) in [6, 6.07) is 5.71. The lowest BCUT2D eigenvalue weighted by molar-refractivity contribution is 0.0240. The topological polar surface area (TPSA) is 39.1 Å². The molecule has 0 radical (unpaired) electrons. The van der Waals surface area contributed by atoms with Gasteiger partial charge in [-0.1, -0.05) is 11.6 Å². The predicted octanol–water partition coefficient (Wildman–Crippen LogP) is 2.95. The van der Waals surface area contributed by atoms with Crippen LogP contribution in [0.3, 0.4) is 0 Å². The van der Waals surface area contributed by atoms with Crippen LogP contribution in [0.1, 0.15) is 11.8 Å². The Morgan fingerprint density at radius 3 is 3.11 bits per heavy atom. The van der Waals surface area contributed by atoms with Gasteiger partial charge in [0.25, 0.3) is 0 Å². The maximum absolute atomic E-state index is 5.98. The van der Waals surface area contributed by atoms with E-state index in [0.717, 1.165) is 35.6 Å². The minimum Gasteiger partial charge on any atom is -0.369 e. The lowest BCUT2D eigenvalue weighted by Crippen LogP contribution is -2.34. The maximum atomic E-state index is 5.98. The highest BCUT2D eigenvalue weighted by Crippen LogP contribution is 2.28. The van der Waals surface area contributed by atoms with E-state index in [1.807, 2.05) is 29.0 Å². The first-order valence-electron chi connectivity index (χ1n) is 6.05. The van der Waals surface area contributed by atoms with Gasteiger partial charge in [0.05, 0.1) is 30.5 Å². The number of rotatable bonds is 2. The number of aromatic nitrogens is 2. The summed E-state index contributed by atoms with van der Waals surface area (Å²) in [5.41, 5.74) is 2.04. The SMILES string of the molecule is Clc1ccc(-n2cncc2C2CNCCO2)c(Br)c1. The third kappa shape index (κ3) is 2.69. The van der Waals surface area contributed by atoms with E-state index in [4.69, 9.17) is 16.3 Å². The molecule has 19 heavy (non-hydrogen) atoms. The molecule has 6 heteroatoms. The number of nitrogens with one attached hydrogen (secondary N) is 1. The van der Waals surface area contributed by atoms with Gasteiger partial charge in [0.2, 0.25) is 0 Å². The van der Waals surface area contributed by atoms with Crippen molar-refractivity contribution in [1.82, 2.24) is 14.9 Å². The molecule has 1 aromatic heterocycles. The zero-order valence-corrected chi connectivity index (χ0v) is 12.5. The van der Waals surface area contributed by atoms with Gasteiger partial charge in [0, 0.05) is 22.6 Å². The molecular weight excluding hydrogens is 330 g/mol. The smallest absolute Gasteiger partial charge is 0.112 e. The van der Waals surface area contributed by atoms with E-state index < -0.39 is 0 Å². The van der Waals surface area contributed by atoms with Crippen molar-refractivity contribution in [1.29, 1.82) is 0 Å². The summed E-state index contributed by atoms with van der Waals surface area (Å²) in [7, 11) is 0. The number of hydrogen-bond donors (Lipinski definition) is 1. The van der Waals surface area contributed by atoms with Crippen molar-refractivity contribution < 1.29 is 4.74 Å². The van der Waals surface area contributed by atoms with Gasteiger partial charge in [-0.25, -0.2) is 4.98 Å². The highest BCUT2D eigenvalue weighted by Gasteiger charge is 2.20. The summed E-state index contributed by atoms with van der Waals surface area (Å²) in [4.78, 5) is 4.24. The van der Waals surface area contributed by atoms with Crippen LogP contribution in [0.5, 0.6) is 0 Å². The number of morpholine rings is 1. The van der Waals surface area contributed by atoms with Gasteiger partial charge in [-0.3, -0.25) is 4.57 Å². The number of imidazole rings is 1. The van der Waals surface area contributed by atoms with Crippen LogP contribution in [-0.2, 0) is 4.74 Å². The van der Waals surface area contributed by atoms with Crippen LogP contribution < -0.4 is 5.32 Å². The van der Waals surface area contributed by atoms with Crippen LogP contribution in [0.15, 0.2) is 35.2 Å². The van der Waals surface area contributed by atoms with Gasteiger partial charge >= 0.3 is 0 Å². The molecule has 1 aliphatic rings. The second kappa shape index (κ2) is 5.63. The lowest BCUT2D eigenvalue weighted by atomic mass is 10.2. The molecule has 2 heterocycles. The fourth-order valence-electron chi connectivity index (χ4n) is 2.18. The third-order valence-corrected chi connectivity index (χ3v) is 3.96. The molecule has 0 saturated carbocycles. The van der Waals surface area contributed by atoms with Crippen LogP contribution >= 0.6 is 27.5 Å². The first-order chi connectivity index (χ1) is 9.25. The van der Waals surface area contributed by atoms with E-state index >= 15 is 0 Å². The molecule has 1 fully saturated rings. The van der Waals surface area contributed by atoms with Crippen molar-refractivity contribution in [2.24, 2.45) is 0 Å². The van der Waals surface area contributed by atoms with Crippen LogP contribution in [0.2, 0.25) is 5.02 Å². The molecule has 1 atom stereocenters. The van der Waals surface area contributed by atoms with E-state index in [1.165, 1.54) is 0 Å². The quantitative estimate of drug-likeness (QED) is 0.912. The molecule has 0 aliphatic carbocycles. The lowest BCUT2D eigenvalue weighted by Gasteiger charge is -2.24. The van der Waals surface area contributed by atoms with Crippen LogP contribution in [0.4, 0.5) is 0 Å². The number of benzene rings is 1. The Morgan fingerprint density at radius 2 is 2.37 bits per heavy atom. The average Bonchev–Trinajstić information content (AvgIpc) is 2.89. The van der Waals surface area contributed by atoms with Gasteiger partial charge in [-0.2, -0.15) is 0 Å². The van der Waals surface area contributed by atoms with Gasteiger partial charge < -0.3 is 10.1 Å². The third-order valence-electron chi connectivity index (χ3n) is 3.09. The summed E-state index contributed by atoms with van der Waals surface area (Å²) in [5, 5.41) is 4.03. The van der Waals surface area contributed by atoms with Gasteiger partial charge in [0.1, 0.15) is 6.10 Å². The van der Waals surface area contributed by atoms with Crippen molar-refractivity contribution in [3.63, 3.8) is 0 Å². The molecule has 1 unspecified atom stereocenters. The van der Waals surface area contributed by atoms with E-state index in [0.29, 0.717) is 5.02 Å². The predicted molar refractivity (Wildman–Crippen MR) is 77.8 cm³/mol. The Hall–Kier alpha value is -0.880.